The molecule has 0 saturated heterocycles. The Labute approximate surface area is 98.3 Å². The van der Waals surface area contributed by atoms with Crippen LogP contribution in [0.25, 0.3) is 0 Å². The van der Waals surface area contributed by atoms with Gasteiger partial charge >= 0.3 is 0 Å². The molecule has 0 heterocycles. The van der Waals surface area contributed by atoms with Crippen LogP contribution in [0.2, 0.25) is 0 Å². The third-order valence-corrected chi connectivity index (χ3v) is 2.54. The topological polar surface area (TPSA) is 35.8 Å². The van der Waals surface area contributed by atoms with Gasteiger partial charge in [-0.15, -0.1) is 0 Å². The van der Waals surface area contributed by atoms with Gasteiger partial charge in [-0.05, 0) is 37.0 Å². The summed E-state index contributed by atoms with van der Waals surface area (Å²) in [4.78, 5) is 0. The number of rotatable bonds is 7. The minimum atomic E-state index is 0.664. The second kappa shape index (κ2) is 7.76. The molecular weight excluding hydrogens is 196 g/mol. The first kappa shape index (κ1) is 12.6. The monoisotopic (exact) mass is 216 g/mol. The first-order chi connectivity index (χ1) is 7.86. The molecule has 0 amide bonds. The number of unbranched alkanes of at least 4 members (excludes halogenated alkanes) is 2. The summed E-state index contributed by atoms with van der Waals surface area (Å²) < 4.78 is 0. The lowest BCUT2D eigenvalue weighted by Crippen LogP contribution is -2.01. The molecule has 0 spiro atoms. The van der Waals surface area contributed by atoms with Crippen molar-refractivity contribution in [1.29, 1.82) is 5.26 Å². The molecule has 0 atom stereocenters. The van der Waals surface area contributed by atoms with Crippen LogP contribution < -0.4 is 5.32 Å². The molecule has 1 rings (SSSR count). The molecule has 86 valence electrons. The number of nitrogens with zero attached hydrogens (tertiary/aromatic N) is 1. The maximum atomic E-state index is 8.39. The Hall–Kier alpha value is -1.49. The average Bonchev–Trinajstić information content (AvgIpc) is 2.31. The molecule has 2 heteroatoms. The summed E-state index contributed by atoms with van der Waals surface area (Å²) in [6.07, 6.45) is 5.06. The summed E-state index contributed by atoms with van der Waals surface area (Å²) in [7, 11) is 0. The Morgan fingerprint density at radius 2 is 1.94 bits per heavy atom. The minimum absolute atomic E-state index is 0.664. The first-order valence-electron chi connectivity index (χ1n) is 6.06. The predicted molar refractivity (Wildman–Crippen MR) is 68.4 cm³/mol. The van der Waals surface area contributed by atoms with Gasteiger partial charge in [0.05, 0.1) is 6.07 Å². The fourth-order valence-electron chi connectivity index (χ4n) is 1.64. The summed E-state index contributed by atoms with van der Waals surface area (Å²) in [5.74, 6) is 0. The smallest absolute Gasteiger partial charge is 0.0621 e. The van der Waals surface area contributed by atoms with E-state index in [-0.39, 0.29) is 0 Å². The van der Waals surface area contributed by atoms with E-state index in [1.54, 1.807) is 0 Å². The number of hydrogen-bond donors (Lipinski definition) is 1. The number of benzene rings is 1. The summed E-state index contributed by atoms with van der Waals surface area (Å²) in [5.41, 5.74) is 2.58. The quantitative estimate of drug-likeness (QED) is 0.705. The molecule has 0 unspecified atom stereocenters. The zero-order chi connectivity index (χ0) is 11.6. The van der Waals surface area contributed by atoms with Crippen molar-refractivity contribution >= 4 is 5.69 Å². The highest BCUT2D eigenvalue weighted by molar-refractivity contribution is 5.44. The van der Waals surface area contributed by atoms with Gasteiger partial charge in [0.25, 0.3) is 0 Å². The predicted octanol–water partition coefficient (Wildman–Crippen LogP) is 3.74. The number of nitriles is 1. The number of hydrogen-bond acceptors (Lipinski definition) is 2. The van der Waals surface area contributed by atoms with Gasteiger partial charge in [0.1, 0.15) is 0 Å². The molecule has 0 aromatic heterocycles. The zero-order valence-corrected chi connectivity index (χ0v) is 10.00. The normalized spacial score (nSPS) is 9.75. The molecule has 0 aliphatic heterocycles. The fraction of sp³-hybridized carbons (Fsp3) is 0.500. The van der Waals surface area contributed by atoms with Gasteiger partial charge in [0, 0.05) is 18.7 Å². The van der Waals surface area contributed by atoms with E-state index < -0.39 is 0 Å². The van der Waals surface area contributed by atoms with Crippen molar-refractivity contribution in [2.75, 3.05) is 11.9 Å². The van der Waals surface area contributed by atoms with E-state index in [2.05, 4.69) is 42.6 Å². The Bertz CT molecular complexity index is 322. The Kier molecular flexibility index (Phi) is 6.10. The van der Waals surface area contributed by atoms with Gasteiger partial charge in [-0.1, -0.05) is 25.5 Å². The van der Waals surface area contributed by atoms with E-state index in [0.717, 1.165) is 25.8 Å². The summed E-state index contributed by atoms with van der Waals surface area (Å²) in [5, 5.41) is 11.8. The summed E-state index contributed by atoms with van der Waals surface area (Å²) in [6.45, 7) is 3.15. The lowest BCUT2D eigenvalue weighted by Gasteiger charge is -2.06. The number of nitrogens with one attached hydrogen (secondary N) is 1. The van der Waals surface area contributed by atoms with Gasteiger partial charge < -0.3 is 5.32 Å². The van der Waals surface area contributed by atoms with Gasteiger partial charge in [0.15, 0.2) is 0 Å². The van der Waals surface area contributed by atoms with E-state index in [1.165, 1.54) is 17.7 Å². The van der Waals surface area contributed by atoms with Crippen LogP contribution >= 0.6 is 0 Å². The van der Waals surface area contributed by atoms with Gasteiger partial charge in [-0.2, -0.15) is 5.26 Å². The Morgan fingerprint density at radius 1 is 1.19 bits per heavy atom. The third-order valence-electron chi connectivity index (χ3n) is 2.54. The van der Waals surface area contributed by atoms with Crippen molar-refractivity contribution in [2.24, 2.45) is 0 Å². The summed E-state index contributed by atoms with van der Waals surface area (Å²) >= 11 is 0. The highest BCUT2D eigenvalue weighted by atomic mass is 14.9. The van der Waals surface area contributed by atoms with Crippen LogP contribution in [0.5, 0.6) is 0 Å². The maximum absolute atomic E-state index is 8.39. The summed E-state index contributed by atoms with van der Waals surface area (Å²) in [6, 6.07) is 10.8. The van der Waals surface area contributed by atoms with Crippen molar-refractivity contribution < 1.29 is 0 Å². The van der Waals surface area contributed by atoms with E-state index in [0.29, 0.717) is 6.42 Å². The van der Waals surface area contributed by atoms with Crippen LogP contribution in [-0.4, -0.2) is 6.54 Å². The van der Waals surface area contributed by atoms with Crippen molar-refractivity contribution in [3.63, 3.8) is 0 Å². The van der Waals surface area contributed by atoms with Gasteiger partial charge in [-0.25, -0.2) is 0 Å². The van der Waals surface area contributed by atoms with Crippen LogP contribution in [0.15, 0.2) is 24.3 Å². The van der Waals surface area contributed by atoms with E-state index in [1.807, 2.05) is 0 Å². The highest BCUT2D eigenvalue weighted by Gasteiger charge is 1.93. The second-order valence-corrected chi connectivity index (χ2v) is 3.99. The largest absolute Gasteiger partial charge is 0.385 e. The van der Waals surface area contributed by atoms with E-state index in [9.17, 15) is 0 Å². The maximum Gasteiger partial charge on any atom is 0.0621 e. The number of aryl methyl sites for hydroxylation is 1. The van der Waals surface area contributed by atoms with E-state index in [4.69, 9.17) is 5.26 Å². The SMILES string of the molecule is CCCc1ccc(NCCCCC#N)cc1. The van der Waals surface area contributed by atoms with Crippen LogP contribution in [0.1, 0.15) is 38.2 Å². The molecular formula is C14H20N2. The fourth-order valence-corrected chi connectivity index (χ4v) is 1.64. The molecule has 1 N–H and O–H groups in total. The van der Waals surface area contributed by atoms with E-state index >= 15 is 0 Å². The molecule has 1 aromatic carbocycles. The van der Waals surface area contributed by atoms with Crippen molar-refractivity contribution in [3.05, 3.63) is 29.8 Å². The van der Waals surface area contributed by atoms with Crippen LogP contribution in [0, 0.1) is 11.3 Å². The molecule has 16 heavy (non-hydrogen) atoms. The van der Waals surface area contributed by atoms with Gasteiger partial charge in [-0.3, -0.25) is 0 Å². The highest BCUT2D eigenvalue weighted by Crippen LogP contribution is 2.11. The molecule has 0 fully saturated rings. The number of anilines is 1. The molecule has 0 saturated carbocycles. The lowest BCUT2D eigenvalue weighted by atomic mass is 10.1. The molecule has 1 aromatic rings. The zero-order valence-electron chi connectivity index (χ0n) is 10.00. The molecule has 0 aliphatic rings. The van der Waals surface area contributed by atoms with Crippen LogP contribution in [-0.2, 0) is 6.42 Å². The Balaban J connectivity index is 2.24. The van der Waals surface area contributed by atoms with Crippen LogP contribution in [0.4, 0.5) is 5.69 Å². The standard InChI is InChI=1S/C14H20N2/c1-2-6-13-7-9-14(10-8-13)16-12-5-3-4-11-15/h7-10,16H,2-6,12H2,1H3. The van der Waals surface area contributed by atoms with Crippen LogP contribution in [0.3, 0.4) is 0 Å². The molecule has 0 aliphatic carbocycles. The second-order valence-electron chi connectivity index (χ2n) is 3.99. The van der Waals surface area contributed by atoms with Crippen molar-refractivity contribution in [2.45, 2.75) is 39.0 Å². The minimum Gasteiger partial charge on any atom is -0.385 e. The lowest BCUT2D eigenvalue weighted by molar-refractivity contribution is 0.784. The molecule has 0 radical (unpaired) electrons. The first-order valence-corrected chi connectivity index (χ1v) is 6.06. The van der Waals surface area contributed by atoms with Crippen molar-refractivity contribution in [3.8, 4) is 6.07 Å². The Morgan fingerprint density at radius 3 is 2.56 bits per heavy atom. The third kappa shape index (κ3) is 4.84. The molecule has 0 bridgehead atoms. The van der Waals surface area contributed by atoms with Gasteiger partial charge in [0.2, 0.25) is 0 Å². The average molecular weight is 216 g/mol. The molecule has 2 nitrogen and oxygen atoms in total. The van der Waals surface area contributed by atoms with Crippen molar-refractivity contribution in [1.82, 2.24) is 0 Å².